The van der Waals surface area contributed by atoms with E-state index in [1.807, 2.05) is 6.07 Å². The molecule has 0 amide bonds. The maximum Gasteiger partial charge on any atom is 0.332 e. The Morgan fingerprint density at radius 1 is 1.30 bits per heavy atom. The first-order valence-corrected chi connectivity index (χ1v) is 6.14. The third kappa shape index (κ3) is 1.83. The van der Waals surface area contributed by atoms with Crippen LogP contribution in [0.4, 0.5) is 0 Å². The molecule has 7 nitrogen and oxygen atoms in total. The van der Waals surface area contributed by atoms with E-state index in [9.17, 15) is 9.59 Å². The van der Waals surface area contributed by atoms with Gasteiger partial charge in [-0.1, -0.05) is 6.07 Å². The maximum atomic E-state index is 12.4. The standard InChI is InChI=1S/C13H13N5O2/c1-8-15-10-11(16-8)17(2)13(20)18(12(10)19)7-9-5-3-4-6-14-9/h3-6H,7H2,1-2H3,(H,15,16). The minimum Gasteiger partial charge on any atom is -0.336 e. The number of nitrogens with one attached hydrogen (secondary N) is 1. The lowest BCUT2D eigenvalue weighted by atomic mass is 10.3. The second kappa shape index (κ2) is 4.44. The molecule has 0 aromatic carbocycles. The van der Waals surface area contributed by atoms with Crippen LogP contribution in [-0.4, -0.2) is 24.1 Å². The fourth-order valence-corrected chi connectivity index (χ4v) is 2.16. The van der Waals surface area contributed by atoms with Crippen LogP contribution in [-0.2, 0) is 13.6 Å². The van der Waals surface area contributed by atoms with Gasteiger partial charge in [-0.05, 0) is 19.1 Å². The summed E-state index contributed by atoms with van der Waals surface area (Å²) in [6.45, 7) is 1.88. The van der Waals surface area contributed by atoms with Crippen LogP contribution in [0.3, 0.4) is 0 Å². The summed E-state index contributed by atoms with van der Waals surface area (Å²) >= 11 is 0. The quantitative estimate of drug-likeness (QED) is 0.720. The second-order valence-electron chi connectivity index (χ2n) is 4.57. The summed E-state index contributed by atoms with van der Waals surface area (Å²) in [4.78, 5) is 35.8. The number of imidazole rings is 1. The Hall–Kier alpha value is -2.70. The zero-order chi connectivity index (χ0) is 14.3. The van der Waals surface area contributed by atoms with E-state index in [0.29, 0.717) is 22.7 Å². The summed E-state index contributed by atoms with van der Waals surface area (Å²) in [5.41, 5.74) is 0.576. The number of fused-ring (bicyclic) bond motifs is 1. The number of aromatic nitrogens is 5. The summed E-state index contributed by atoms with van der Waals surface area (Å²) in [5.74, 6) is 0.600. The van der Waals surface area contributed by atoms with Gasteiger partial charge in [-0.25, -0.2) is 9.78 Å². The van der Waals surface area contributed by atoms with Crippen LogP contribution in [0.15, 0.2) is 34.0 Å². The minimum absolute atomic E-state index is 0.139. The van der Waals surface area contributed by atoms with E-state index in [1.54, 1.807) is 32.3 Å². The van der Waals surface area contributed by atoms with E-state index < -0.39 is 5.69 Å². The first-order chi connectivity index (χ1) is 9.58. The molecule has 0 aliphatic heterocycles. The monoisotopic (exact) mass is 271 g/mol. The predicted molar refractivity (Wildman–Crippen MR) is 73.7 cm³/mol. The molecule has 3 aromatic heterocycles. The van der Waals surface area contributed by atoms with Gasteiger partial charge in [0.25, 0.3) is 5.56 Å². The van der Waals surface area contributed by atoms with Gasteiger partial charge in [-0.3, -0.25) is 18.9 Å². The summed E-state index contributed by atoms with van der Waals surface area (Å²) in [5, 5.41) is 0. The lowest BCUT2D eigenvalue weighted by molar-refractivity contribution is 0.647. The summed E-state index contributed by atoms with van der Waals surface area (Å²) in [7, 11) is 1.60. The summed E-state index contributed by atoms with van der Waals surface area (Å²) < 4.78 is 2.52. The van der Waals surface area contributed by atoms with E-state index in [1.165, 1.54) is 4.57 Å². The molecule has 0 bridgehead atoms. The number of H-pyrrole nitrogens is 1. The third-order valence-corrected chi connectivity index (χ3v) is 3.14. The third-order valence-electron chi connectivity index (χ3n) is 3.14. The Balaban J connectivity index is 2.26. The zero-order valence-corrected chi connectivity index (χ0v) is 11.1. The zero-order valence-electron chi connectivity index (χ0n) is 11.1. The van der Waals surface area contributed by atoms with Gasteiger partial charge in [0.05, 0.1) is 12.2 Å². The van der Waals surface area contributed by atoms with Crippen molar-refractivity contribution >= 4 is 11.2 Å². The molecule has 0 saturated heterocycles. The van der Waals surface area contributed by atoms with Crippen molar-refractivity contribution in [2.24, 2.45) is 7.05 Å². The van der Waals surface area contributed by atoms with Crippen molar-refractivity contribution in [3.63, 3.8) is 0 Å². The van der Waals surface area contributed by atoms with Crippen LogP contribution in [0.2, 0.25) is 0 Å². The number of nitrogens with zero attached hydrogens (tertiary/aromatic N) is 4. The molecular formula is C13H13N5O2. The molecule has 3 aromatic rings. The molecule has 102 valence electrons. The molecule has 20 heavy (non-hydrogen) atoms. The van der Waals surface area contributed by atoms with Crippen LogP contribution >= 0.6 is 0 Å². The van der Waals surface area contributed by atoms with E-state index in [4.69, 9.17) is 0 Å². The molecular weight excluding hydrogens is 258 g/mol. The Morgan fingerprint density at radius 2 is 2.10 bits per heavy atom. The molecule has 3 rings (SSSR count). The molecule has 0 saturated carbocycles. The number of hydrogen-bond donors (Lipinski definition) is 1. The van der Waals surface area contributed by atoms with Crippen molar-refractivity contribution in [3.8, 4) is 0 Å². The first kappa shape index (κ1) is 12.3. The maximum absolute atomic E-state index is 12.4. The average Bonchev–Trinajstić information content (AvgIpc) is 2.85. The Kier molecular flexibility index (Phi) is 2.74. The van der Waals surface area contributed by atoms with Crippen LogP contribution in [0.5, 0.6) is 0 Å². The summed E-state index contributed by atoms with van der Waals surface area (Å²) in [6, 6.07) is 5.37. The molecule has 0 fully saturated rings. The van der Waals surface area contributed by atoms with E-state index >= 15 is 0 Å². The lowest BCUT2D eigenvalue weighted by Gasteiger charge is -2.07. The molecule has 0 radical (unpaired) electrons. The molecule has 0 spiro atoms. The van der Waals surface area contributed by atoms with Crippen LogP contribution in [0.1, 0.15) is 11.5 Å². The Morgan fingerprint density at radius 3 is 2.80 bits per heavy atom. The average molecular weight is 271 g/mol. The molecule has 0 aliphatic carbocycles. The van der Waals surface area contributed by atoms with Crippen molar-refractivity contribution in [2.45, 2.75) is 13.5 Å². The van der Waals surface area contributed by atoms with Gasteiger partial charge in [0, 0.05) is 13.2 Å². The second-order valence-corrected chi connectivity index (χ2v) is 4.57. The van der Waals surface area contributed by atoms with Gasteiger partial charge in [0.2, 0.25) is 0 Å². The van der Waals surface area contributed by atoms with Crippen molar-refractivity contribution in [2.75, 3.05) is 0 Å². The Bertz CT molecular complexity index is 889. The highest BCUT2D eigenvalue weighted by molar-refractivity contribution is 5.69. The van der Waals surface area contributed by atoms with Gasteiger partial charge in [0.15, 0.2) is 5.65 Å². The van der Waals surface area contributed by atoms with Crippen LogP contribution < -0.4 is 11.2 Å². The number of rotatable bonds is 2. The lowest BCUT2D eigenvalue weighted by Crippen LogP contribution is -2.39. The van der Waals surface area contributed by atoms with Gasteiger partial charge in [0.1, 0.15) is 11.3 Å². The summed E-state index contributed by atoms with van der Waals surface area (Å²) in [6.07, 6.45) is 1.63. The van der Waals surface area contributed by atoms with E-state index in [-0.39, 0.29) is 12.1 Å². The smallest absolute Gasteiger partial charge is 0.332 e. The van der Waals surface area contributed by atoms with E-state index in [0.717, 1.165) is 4.57 Å². The fourth-order valence-electron chi connectivity index (χ4n) is 2.16. The van der Waals surface area contributed by atoms with Crippen molar-refractivity contribution in [3.05, 3.63) is 56.8 Å². The molecule has 3 heterocycles. The minimum atomic E-state index is -0.403. The molecule has 0 unspecified atom stereocenters. The topological polar surface area (TPSA) is 85.6 Å². The molecule has 0 atom stereocenters. The SMILES string of the molecule is Cc1nc2c([nH]1)c(=O)n(Cc1ccccn1)c(=O)n2C. The molecule has 1 N–H and O–H groups in total. The largest absolute Gasteiger partial charge is 0.336 e. The highest BCUT2D eigenvalue weighted by atomic mass is 16.2. The predicted octanol–water partition coefficient (Wildman–Crippen LogP) is 0.175. The highest BCUT2D eigenvalue weighted by Gasteiger charge is 2.14. The van der Waals surface area contributed by atoms with Crippen LogP contribution in [0.25, 0.3) is 11.2 Å². The first-order valence-electron chi connectivity index (χ1n) is 6.14. The van der Waals surface area contributed by atoms with Gasteiger partial charge in [-0.15, -0.1) is 0 Å². The van der Waals surface area contributed by atoms with Crippen LogP contribution in [0, 0.1) is 6.92 Å². The van der Waals surface area contributed by atoms with E-state index in [2.05, 4.69) is 15.0 Å². The van der Waals surface area contributed by atoms with Gasteiger partial charge in [-0.2, -0.15) is 0 Å². The number of pyridine rings is 1. The number of aromatic amines is 1. The van der Waals surface area contributed by atoms with Gasteiger partial charge < -0.3 is 4.98 Å². The fraction of sp³-hybridized carbons (Fsp3) is 0.231. The Labute approximate surface area is 113 Å². The molecule has 7 heteroatoms. The molecule has 0 aliphatic rings. The highest BCUT2D eigenvalue weighted by Crippen LogP contribution is 2.03. The number of hydrogen-bond acceptors (Lipinski definition) is 4. The van der Waals surface area contributed by atoms with Crippen molar-refractivity contribution in [1.82, 2.24) is 24.1 Å². The normalized spacial score (nSPS) is 11.1. The van der Waals surface area contributed by atoms with Crippen molar-refractivity contribution in [1.29, 1.82) is 0 Å². The van der Waals surface area contributed by atoms with Crippen molar-refractivity contribution < 1.29 is 0 Å². The van der Waals surface area contributed by atoms with Gasteiger partial charge >= 0.3 is 5.69 Å². The number of aryl methyl sites for hydroxylation is 2.